The Bertz CT molecular complexity index is 190. The number of carbonyl (C=O) groups is 1. The molecule has 1 aliphatic heterocycles. The Morgan fingerprint density at radius 3 is 2.53 bits per heavy atom. The van der Waals surface area contributed by atoms with Crippen molar-refractivity contribution in [3.8, 4) is 0 Å². The fourth-order valence-corrected chi connectivity index (χ4v) is 1.99. The topological polar surface area (TPSA) is 38.8 Å². The molecule has 0 aromatic carbocycles. The number of rotatable bonds is 6. The van der Waals surface area contributed by atoms with Gasteiger partial charge in [0.1, 0.15) is 0 Å². The molecule has 1 rings (SSSR count). The molecule has 1 fully saturated rings. The lowest BCUT2D eigenvalue weighted by Crippen LogP contribution is -2.32. The monoisotopic (exact) mass is 215 g/mol. The van der Waals surface area contributed by atoms with Crippen LogP contribution in [0.4, 0.5) is 0 Å². The molecule has 0 saturated carbocycles. The minimum atomic E-state index is -0.112. The van der Waals surface area contributed by atoms with Crippen LogP contribution in [-0.4, -0.2) is 51.3 Å². The number of ether oxygens (including phenoxy) is 2. The van der Waals surface area contributed by atoms with E-state index in [-0.39, 0.29) is 11.9 Å². The van der Waals surface area contributed by atoms with E-state index in [0.29, 0.717) is 6.61 Å². The number of esters is 1. The summed E-state index contributed by atoms with van der Waals surface area (Å²) in [6.45, 7) is 3.66. The zero-order chi connectivity index (χ0) is 11.1. The molecule has 1 atom stereocenters. The van der Waals surface area contributed by atoms with Crippen LogP contribution in [0, 0.1) is 5.92 Å². The second-order valence-corrected chi connectivity index (χ2v) is 4.01. The van der Waals surface area contributed by atoms with Gasteiger partial charge in [0.05, 0.1) is 13.0 Å². The molecule has 4 nitrogen and oxygen atoms in total. The Balaban J connectivity index is 2.36. The Kier molecular flexibility index (Phi) is 5.65. The SMILES string of the molecule is COCCC(CN1CCCC1)C(=O)OC. The van der Waals surface area contributed by atoms with Crippen molar-refractivity contribution >= 4 is 5.97 Å². The third kappa shape index (κ3) is 4.18. The molecule has 0 radical (unpaired) electrons. The average molecular weight is 215 g/mol. The molecular weight excluding hydrogens is 194 g/mol. The fourth-order valence-electron chi connectivity index (χ4n) is 1.99. The molecule has 88 valence electrons. The lowest BCUT2D eigenvalue weighted by Gasteiger charge is -2.21. The molecule has 0 aromatic heterocycles. The van der Waals surface area contributed by atoms with E-state index in [9.17, 15) is 4.79 Å². The Hall–Kier alpha value is -0.610. The van der Waals surface area contributed by atoms with Gasteiger partial charge in [-0.3, -0.25) is 4.79 Å². The lowest BCUT2D eigenvalue weighted by molar-refractivity contribution is -0.146. The molecule has 1 saturated heterocycles. The van der Waals surface area contributed by atoms with Gasteiger partial charge in [-0.15, -0.1) is 0 Å². The summed E-state index contributed by atoms with van der Waals surface area (Å²) in [5, 5.41) is 0. The second kappa shape index (κ2) is 6.80. The van der Waals surface area contributed by atoms with Crippen molar-refractivity contribution in [1.29, 1.82) is 0 Å². The van der Waals surface area contributed by atoms with Gasteiger partial charge in [0, 0.05) is 20.3 Å². The van der Waals surface area contributed by atoms with Crippen molar-refractivity contribution in [2.24, 2.45) is 5.92 Å². The molecule has 1 heterocycles. The number of hydrogen-bond donors (Lipinski definition) is 0. The van der Waals surface area contributed by atoms with Crippen molar-refractivity contribution in [2.45, 2.75) is 19.3 Å². The van der Waals surface area contributed by atoms with E-state index in [0.717, 1.165) is 26.1 Å². The van der Waals surface area contributed by atoms with Crippen LogP contribution in [0.15, 0.2) is 0 Å². The summed E-state index contributed by atoms with van der Waals surface area (Å²) >= 11 is 0. The molecule has 1 aliphatic rings. The van der Waals surface area contributed by atoms with Crippen LogP contribution in [-0.2, 0) is 14.3 Å². The molecule has 0 aliphatic carbocycles. The van der Waals surface area contributed by atoms with Crippen molar-refractivity contribution in [1.82, 2.24) is 4.90 Å². The van der Waals surface area contributed by atoms with Gasteiger partial charge in [-0.1, -0.05) is 0 Å². The molecule has 1 unspecified atom stereocenters. The first-order chi connectivity index (χ1) is 7.27. The molecule has 0 bridgehead atoms. The van der Waals surface area contributed by atoms with Crippen molar-refractivity contribution in [3.05, 3.63) is 0 Å². The number of carbonyl (C=O) groups excluding carboxylic acids is 1. The normalized spacial score (nSPS) is 19.1. The fraction of sp³-hybridized carbons (Fsp3) is 0.909. The Labute approximate surface area is 91.5 Å². The van der Waals surface area contributed by atoms with Gasteiger partial charge in [0.2, 0.25) is 0 Å². The molecule has 0 amide bonds. The van der Waals surface area contributed by atoms with Gasteiger partial charge in [-0.05, 0) is 32.4 Å². The Morgan fingerprint density at radius 1 is 1.33 bits per heavy atom. The van der Waals surface area contributed by atoms with E-state index in [1.165, 1.54) is 20.0 Å². The highest BCUT2D eigenvalue weighted by atomic mass is 16.5. The van der Waals surface area contributed by atoms with Crippen molar-refractivity contribution in [2.75, 3.05) is 40.5 Å². The van der Waals surface area contributed by atoms with E-state index < -0.39 is 0 Å². The van der Waals surface area contributed by atoms with Crippen molar-refractivity contribution in [3.63, 3.8) is 0 Å². The van der Waals surface area contributed by atoms with E-state index in [1.54, 1.807) is 7.11 Å². The predicted octanol–water partition coefficient (Wildman–Crippen LogP) is 0.908. The number of hydrogen-bond acceptors (Lipinski definition) is 4. The third-order valence-corrected chi connectivity index (χ3v) is 2.88. The highest BCUT2D eigenvalue weighted by Crippen LogP contribution is 2.14. The summed E-state index contributed by atoms with van der Waals surface area (Å²) in [7, 11) is 3.11. The average Bonchev–Trinajstić information content (AvgIpc) is 2.75. The number of likely N-dealkylation sites (tertiary alicyclic amines) is 1. The zero-order valence-electron chi connectivity index (χ0n) is 9.70. The maximum Gasteiger partial charge on any atom is 0.310 e. The zero-order valence-corrected chi connectivity index (χ0v) is 9.70. The second-order valence-electron chi connectivity index (χ2n) is 4.01. The maximum atomic E-state index is 11.5. The Morgan fingerprint density at radius 2 is 2.00 bits per heavy atom. The molecule has 4 heteroatoms. The third-order valence-electron chi connectivity index (χ3n) is 2.88. The largest absolute Gasteiger partial charge is 0.469 e. The molecular formula is C11H21NO3. The summed E-state index contributed by atoms with van der Waals surface area (Å²) < 4.78 is 9.80. The lowest BCUT2D eigenvalue weighted by atomic mass is 10.1. The first-order valence-corrected chi connectivity index (χ1v) is 5.57. The van der Waals surface area contributed by atoms with Gasteiger partial charge in [0.25, 0.3) is 0 Å². The minimum Gasteiger partial charge on any atom is -0.469 e. The highest BCUT2D eigenvalue weighted by molar-refractivity contribution is 5.72. The van der Waals surface area contributed by atoms with Crippen LogP contribution in [0.3, 0.4) is 0 Å². The van der Waals surface area contributed by atoms with Gasteiger partial charge in [-0.2, -0.15) is 0 Å². The van der Waals surface area contributed by atoms with Crippen LogP contribution in [0.5, 0.6) is 0 Å². The maximum absolute atomic E-state index is 11.5. The van der Waals surface area contributed by atoms with Crippen LogP contribution in [0.25, 0.3) is 0 Å². The first-order valence-electron chi connectivity index (χ1n) is 5.57. The van der Waals surface area contributed by atoms with Gasteiger partial charge < -0.3 is 14.4 Å². The van der Waals surface area contributed by atoms with E-state index >= 15 is 0 Å². The standard InChI is InChI=1S/C11H21NO3/c1-14-8-5-10(11(13)15-2)9-12-6-3-4-7-12/h10H,3-9H2,1-2H3. The molecule has 15 heavy (non-hydrogen) atoms. The number of methoxy groups -OCH3 is 2. The highest BCUT2D eigenvalue weighted by Gasteiger charge is 2.23. The summed E-state index contributed by atoms with van der Waals surface area (Å²) in [4.78, 5) is 13.8. The molecule has 0 N–H and O–H groups in total. The van der Waals surface area contributed by atoms with Gasteiger partial charge >= 0.3 is 5.97 Å². The molecule has 0 spiro atoms. The van der Waals surface area contributed by atoms with Crippen LogP contribution >= 0.6 is 0 Å². The van der Waals surface area contributed by atoms with Crippen molar-refractivity contribution < 1.29 is 14.3 Å². The van der Waals surface area contributed by atoms with Crippen LogP contribution < -0.4 is 0 Å². The summed E-state index contributed by atoms with van der Waals surface area (Å²) in [6, 6.07) is 0. The predicted molar refractivity (Wildman–Crippen MR) is 57.7 cm³/mol. The van der Waals surface area contributed by atoms with Crippen LogP contribution in [0.1, 0.15) is 19.3 Å². The quantitative estimate of drug-likeness (QED) is 0.617. The van der Waals surface area contributed by atoms with Gasteiger partial charge in [0.15, 0.2) is 0 Å². The smallest absolute Gasteiger partial charge is 0.310 e. The summed E-state index contributed by atoms with van der Waals surface area (Å²) in [5.41, 5.74) is 0. The molecule has 0 aromatic rings. The van der Waals surface area contributed by atoms with Gasteiger partial charge in [-0.25, -0.2) is 0 Å². The number of nitrogens with zero attached hydrogens (tertiary/aromatic N) is 1. The van der Waals surface area contributed by atoms with Crippen LogP contribution in [0.2, 0.25) is 0 Å². The summed E-state index contributed by atoms with van der Waals surface area (Å²) in [6.07, 6.45) is 3.25. The van der Waals surface area contributed by atoms with E-state index in [2.05, 4.69) is 4.90 Å². The first kappa shape index (κ1) is 12.5. The van der Waals surface area contributed by atoms with E-state index in [1.807, 2.05) is 0 Å². The summed E-state index contributed by atoms with van der Waals surface area (Å²) in [5.74, 6) is -0.146. The van der Waals surface area contributed by atoms with E-state index in [4.69, 9.17) is 9.47 Å². The minimum absolute atomic E-state index is 0.0342.